The van der Waals surface area contributed by atoms with E-state index < -0.39 is 0 Å². The van der Waals surface area contributed by atoms with Crippen LogP contribution in [0.15, 0.2) is 46.7 Å². The number of benzene rings is 1. The summed E-state index contributed by atoms with van der Waals surface area (Å²) in [6.45, 7) is -0.189. The predicted molar refractivity (Wildman–Crippen MR) is 58.5 cm³/mol. The minimum absolute atomic E-state index is 0.189. The first-order valence-electron chi connectivity index (χ1n) is 4.63. The maximum absolute atomic E-state index is 12.9. The Morgan fingerprint density at radius 2 is 2.19 bits per heavy atom. The SMILES string of the molecule is OCc1cc(F)ccc1Sc1ccncn1. The number of rotatable bonds is 3. The van der Waals surface area contributed by atoms with Crippen molar-refractivity contribution in [2.75, 3.05) is 0 Å². The molecule has 0 amide bonds. The highest BCUT2D eigenvalue weighted by Crippen LogP contribution is 2.29. The fourth-order valence-corrected chi connectivity index (χ4v) is 2.07. The van der Waals surface area contributed by atoms with Gasteiger partial charge in [0.05, 0.1) is 6.61 Å². The molecule has 5 heteroatoms. The molecule has 0 saturated carbocycles. The minimum Gasteiger partial charge on any atom is -0.392 e. The molecule has 0 radical (unpaired) electrons. The molecule has 1 N–H and O–H groups in total. The number of aromatic nitrogens is 2. The van der Waals surface area contributed by atoms with Gasteiger partial charge in [0.2, 0.25) is 0 Å². The normalized spacial score (nSPS) is 10.4. The number of nitrogens with zero attached hydrogens (tertiary/aromatic N) is 2. The van der Waals surface area contributed by atoms with Crippen LogP contribution in [0.2, 0.25) is 0 Å². The maximum Gasteiger partial charge on any atom is 0.123 e. The van der Waals surface area contributed by atoms with Crippen LogP contribution in [0.3, 0.4) is 0 Å². The third-order valence-electron chi connectivity index (χ3n) is 1.96. The van der Waals surface area contributed by atoms with Crippen molar-refractivity contribution >= 4 is 11.8 Å². The van der Waals surface area contributed by atoms with Crippen LogP contribution < -0.4 is 0 Å². The largest absolute Gasteiger partial charge is 0.392 e. The van der Waals surface area contributed by atoms with E-state index in [1.807, 2.05) is 0 Å². The highest BCUT2D eigenvalue weighted by molar-refractivity contribution is 7.99. The lowest BCUT2D eigenvalue weighted by Gasteiger charge is -2.05. The average molecular weight is 236 g/mol. The van der Waals surface area contributed by atoms with Crippen LogP contribution in [0.1, 0.15) is 5.56 Å². The molecule has 0 atom stereocenters. The smallest absolute Gasteiger partial charge is 0.123 e. The summed E-state index contributed by atoms with van der Waals surface area (Å²) in [5, 5.41) is 9.87. The van der Waals surface area contributed by atoms with Gasteiger partial charge in [0, 0.05) is 11.1 Å². The summed E-state index contributed by atoms with van der Waals surface area (Å²) in [5.74, 6) is -0.351. The summed E-state index contributed by atoms with van der Waals surface area (Å²) in [5.41, 5.74) is 0.559. The van der Waals surface area contributed by atoms with E-state index in [-0.39, 0.29) is 12.4 Å². The molecule has 1 heterocycles. The fraction of sp³-hybridized carbons (Fsp3) is 0.0909. The summed E-state index contributed by atoms with van der Waals surface area (Å²) in [6.07, 6.45) is 3.09. The molecule has 2 rings (SSSR count). The Morgan fingerprint density at radius 3 is 2.88 bits per heavy atom. The molecule has 82 valence electrons. The lowest BCUT2D eigenvalue weighted by Crippen LogP contribution is -1.90. The van der Waals surface area contributed by atoms with Gasteiger partial charge in [0.25, 0.3) is 0 Å². The number of hydrogen-bond donors (Lipinski definition) is 1. The quantitative estimate of drug-likeness (QED) is 0.830. The number of halogens is 1. The highest BCUT2D eigenvalue weighted by Gasteiger charge is 2.05. The Kier molecular flexibility index (Phi) is 3.48. The summed E-state index contributed by atoms with van der Waals surface area (Å²) in [7, 11) is 0. The van der Waals surface area contributed by atoms with E-state index in [0.29, 0.717) is 5.56 Å². The zero-order chi connectivity index (χ0) is 11.4. The average Bonchev–Trinajstić information content (AvgIpc) is 2.33. The van der Waals surface area contributed by atoms with E-state index in [1.54, 1.807) is 18.3 Å². The molecule has 2 aromatic rings. The van der Waals surface area contributed by atoms with Gasteiger partial charge >= 0.3 is 0 Å². The van der Waals surface area contributed by atoms with Crippen molar-refractivity contribution in [1.82, 2.24) is 9.97 Å². The third kappa shape index (κ3) is 2.56. The topological polar surface area (TPSA) is 46.0 Å². The Morgan fingerprint density at radius 1 is 1.31 bits per heavy atom. The summed E-state index contributed by atoms with van der Waals surface area (Å²) in [4.78, 5) is 8.65. The second kappa shape index (κ2) is 5.05. The standard InChI is InChI=1S/C11H9FN2OS/c12-9-1-2-10(8(5-9)6-15)16-11-3-4-13-7-14-11/h1-5,7,15H,6H2. The third-order valence-corrected chi connectivity index (χ3v) is 3.03. The van der Waals surface area contributed by atoms with E-state index in [4.69, 9.17) is 5.11 Å². The van der Waals surface area contributed by atoms with E-state index in [9.17, 15) is 4.39 Å². The van der Waals surface area contributed by atoms with Crippen molar-refractivity contribution in [3.05, 3.63) is 48.2 Å². The van der Waals surface area contributed by atoms with Gasteiger partial charge < -0.3 is 5.11 Å². The summed E-state index contributed by atoms with van der Waals surface area (Å²) < 4.78 is 12.9. The molecule has 1 aromatic heterocycles. The maximum atomic E-state index is 12.9. The minimum atomic E-state index is -0.351. The van der Waals surface area contributed by atoms with E-state index in [1.165, 1.54) is 30.2 Å². The Balaban J connectivity index is 2.28. The van der Waals surface area contributed by atoms with Crippen LogP contribution in [0.5, 0.6) is 0 Å². The van der Waals surface area contributed by atoms with Gasteiger partial charge in [-0.15, -0.1) is 0 Å². The van der Waals surface area contributed by atoms with Crippen LogP contribution in [-0.2, 0) is 6.61 Å². The van der Waals surface area contributed by atoms with Crippen molar-refractivity contribution in [2.24, 2.45) is 0 Å². The van der Waals surface area contributed by atoms with E-state index >= 15 is 0 Å². The Labute approximate surface area is 96.4 Å². The monoisotopic (exact) mass is 236 g/mol. The summed E-state index contributed by atoms with van der Waals surface area (Å²) >= 11 is 1.37. The predicted octanol–water partition coefficient (Wildman–Crippen LogP) is 2.26. The first kappa shape index (κ1) is 11.0. The van der Waals surface area contributed by atoms with Crippen LogP contribution >= 0.6 is 11.8 Å². The first-order chi connectivity index (χ1) is 7.79. The second-order valence-electron chi connectivity index (χ2n) is 3.06. The lowest BCUT2D eigenvalue weighted by molar-refractivity contribution is 0.278. The molecule has 1 aromatic carbocycles. The molecule has 16 heavy (non-hydrogen) atoms. The Bertz CT molecular complexity index is 479. The van der Waals surface area contributed by atoms with Gasteiger partial charge in [-0.05, 0) is 29.8 Å². The van der Waals surface area contributed by atoms with Crippen LogP contribution in [0.25, 0.3) is 0 Å². The van der Waals surface area contributed by atoms with Gasteiger partial charge in [-0.2, -0.15) is 0 Å². The van der Waals surface area contributed by atoms with Crippen molar-refractivity contribution in [3.63, 3.8) is 0 Å². The molecular formula is C11H9FN2OS. The van der Waals surface area contributed by atoms with E-state index in [0.717, 1.165) is 9.92 Å². The zero-order valence-electron chi connectivity index (χ0n) is 8.30. The van der Waals surface area contributed by atoms with Gasteiger partial charge in [0.1, 0.15) is 17.2 Å². The summed E-state index contributed by atoms with van der Waals surface area (Å²) in [6, 6.07) is 6.08. The van der Waals surface area contributed by atoms with Crippen LogP contribution in [0, 0.1) is 5.82 Å². The second-order valence-corrected chi connectivity index (χ2v) is 4.12. The molecule has 0 aliphatic rings. The van der Waals surface area contributed by atoms with Gasteiger partial charge in [-0.3, -0.25) is 0 Å². The molecule has 0 saturated heterocycles. The lowest BCUT2D eigenvalue weighted by atomic mass is 10.2. The molecule has 0 unspecified atom stereocenters. The van der Waals surface area contributed by atoms with Crippen LogP contribution in [-0.4, -0.2) is 15.1 Å². The van der Waals surface area contributed by atoms with Gasteiger partial charge in [-0.25, -0.2) is 14.4 Å². The van der Waals surface area contributed by atoms with Crippen molar-refractivity contribution < 1.29 is 9.50 Å². The Hall–Kier alpha value is -1.46. The van der Waals surface area contributed by atoms with Crippen molar-refractivity contribution in [3.8, 4) is 0 Å². The van der Waals surface area contributed by atoms with Crippen molar-refractivity contribution in [1.29, 1.82) is 0 Å². The highest BCUT2D eigenvalue weighted by atomic mass is 32.2. The van der Waals surface area contributed by atoms with E-state index in [2.05, 4.69) is 9.97 Å². The molecule has 3 nitrogen and oxygen atoms in total. The molecule has 0 spiro atoms. The molecular weight excluding hydrogens is 227 g/mol. The molecule has 0 fully saturated rings. The molecule has 0 aliphatic heterocycles. The molecule has 0 aliphatic carbocycles. The van der Waals surface area contributed by atoms with Crippen molar-refractivity contribution in [2.45, 2.75) is 16.5 Å². The number of hydrogen-bond acceptors (Lipinski definition) is 4. The van der Waals surface area contributed by atoms with Gasteiger partial charge in [-0.1, -0.05) is 11.8 Å². The zero-order valence-corrected chi connectivity index (χ0v) is 9.12. The first-order valence-corrected chi connectivity index (χ1v) is 5.44. The molecule has 0 bridgehead atoms. The fourth-order valence-electron chi connectivity index (χ4n) is 1.22. The van der Waals surface area contributed by atoms with Gasteiger partial charge in [0.15, 0.2) is 0 Å². The van der Waals surface area contributed by atoms with Crippen LogP contribution in [0.4, 0.5) is 4.39 Å². The number of aliphatic hydroxyl groups is 1. The number of aliphatic hydroxyl groups excluding tert-OH is 1.